The fraction of sp³-hybridized carbons (Fsp3) is 0.176. The summed E-state index contributed by atoms with van der Waals surface area (Å²) in [5.74, 6) is -3.43. The fourth-order valence-electron chi connectivity index (χ4n) is 2.02. The average molecular weight is 353 g/mol. The molecule has 0 spiro atoms. The Bertz CT molecular complexity index is 779. The first-order chi connectivity index (χ1) is 11.3. The molecule has 0 unspecified atom stereocenters. The SMILES string of the molecule is Cc1ccc(NC(=O)CN(C)C(=O)c2cc(F)c(F)cc2Cl)cc1. The Balaban J connectivity index is 2.04. The third-order valence-electron chi connectivity index (χ3n) is 3.30. The molecule has 0 saturated heterocycles. The standard InChI is InChI=1S/C17H15ClF2N2O2/c1-10-3-5-11(6-4-10)21-16(23)9-22(2)17(24)12-7-14(19)15(20)8-13(12)18/h3-8H,9H2,1-2H3,(H,21,23). The molecule has 0 fully saturated rings. The highest BCUT2D eigenvalue weighted by Gasteiger charge is 2.20. The zero-order valence-electron chi connectivity index (χ0n) is 13.1. The third-order valence-corrected chi connectivity index (χ3v) is 3.62. The number of rotatable bonds is 4. The van der Waals surface area contributed by atoms with E-state index in [4.69, 9.17) is 11.6 Å². The number of hydrogen-bond acceptors (Lipinski definition) is 2. The lowest BCUT2D eigenvalue weighted by Crippen LogP contribution is -2.35. The van der Waals surface area contributed by atoms with Crippen molar-refractivity contribution in [2.45, 2.75) is 6.92 Å². The molecular formula is C17H15ClF2N2O2. The number of anilines is 1. The third kappa shape index (κ3) is 4.29. The largest absolute Gasteiger partial charge is 0.332 e. The van der Waals surface area contributed by atoms with E-state index in [1.807, 2.05) is 19.1 Å². The van der Waals surface area contributed by atoms with Gasteiger partial charge >= 0.3 is 0 Å². The van der Waals surface area contributed by atoms with Gasteiger partial charge in [-0.15, -0.1) is 0 Å². The van der Waals surface area contributed by atoms with E-state index in [1.165, 1.54) is 7.05 Å². The van der Waals surface area contributed by atoms with Gasteiger partial charge in [-0.25, -0.2) is 8.78 Å². The Hall–Kier alpha value is -2.47. The van der Waals surface area contributed by atoms with Crippen molar-refractivity contribution in [1.29, 1.82) is 0 Å². The Kier molecular flexibility index (Phi) is 5.51. The van der Waals surface area contributed by atoms with Gasteiger partial charge in [-0.05, 0) is 31.2 Å². The van der Waals surface area contributed by atoms with Gasteiger partial charge in [-0.1, -0.05) is 29.3 Å². The molecule has 0 saturated carbocycles. The molecule has 0 heterocycles. The Morgan fingerprint density at radius 1 is 1.12 bits per heavy atom. The number of aryl methyl sites for hydroxylation is 1. The highest BCUT2D eigenvalue weighted by atomic mass is 35.5. The fourth-order valence-corrected chi connectivity index (χ4v) is 2.25. The van der Waals surface area contributed by atoms with Crippen LogP contribution in [0.1, 0.15) is 15.9 Å². The van der Waals surface area contributed by atoms with Gasteiger partial charge in [-0.2, -0.15) is 0 Å². The number of nitrogens with one attached hydrogen (secondary N) is 1. The summed E-state index contributed by atoms with van der Waals surface area (Å²) in [4.78, 5) is 25.3. The van der Waals surface area contributed by atoms with Crippen molar-refractivity contribution < 1.29 is 18.4 Å². The maximum absolute atomic E-state index is 13.3. The van der Waals surface area contributed by atoms with Gasteiger partial charge in [0.2, 0.25) is 5.91 Å². The Morgan fingerprint density at radius 3 is 2.33 bits per heavy atom. The molecule has 0 radical (unpaired) electrons. The monoisotopic (exact) mass is 352 g/mol. The van der Waals surface area contributed by atoms with Crippen molar-refractivity contribution in [1.82, 2.24) is 4.90 Å². The van der Waals surface area contributed by atoms with Crippen molar-refractivity contribution in [2.24, 2.45) is 0 Å². The number of hydrogen-bond donors (Lipinski definition) is 1. The topological polar surface area (TPSA) is 49.4 Å². The Morgan fingerprint density at radius 2 is 1.71 bits per heavy atom. The van der Waals surface area contributed by atoms with E-state index in [-0.39, 0.29) is 17.1 Å². The van der Waals surface area contributed by atoms with Crippen LogP contribution in [0.3, 0.4) is 0 Å². The van der Waals surface area contributed by atoms with E-state index in [0.29, 0.717) is 11.8 Å². The van der Waals surface area contributed by atoms with Crippen LogP contribution in [-0.4, -0.2) is 30.3 Å². The van der Waals surface area contributed by atoms with E-state index >= 15 is 0 Å². The first-order valence-corrected chi connectivity index (χ1v) is 7.42. The van der Waals surface area contributed by atoms with Crippen LogP contribution < -0.4 is 5.32 Å². The lowest BCUT2D eigenvalue weighted by Gasteiger charge is -2.17. The molecule has 0 atom stereocenters. The zero-order chi connectivity index (χ0) is 17.9. The maximum atomic E-state index is 13.3. The minimum absolute atomic E-state index is 0.207. The lowest BCUT2D eigenvalue weighted by molar-refractivity contribution is -0.116. The summed E-state index contributed by atoms with van der Waals surface area (Å²) in [5.41, 5.74) is 1.44. The number of carbonyl (C=O) groups excluding carboxylic acids is 2. The molecule has 7 heteroatoms. The number of nitrogens with zero attached hydrogens (tertiary/aromatic N) is 1. The van der Waals surface area contributed by atoms with Crippen molar-refractivity contribution in [3.63, 3.8) is 0 Å². The van der Waals surface area contributed by atoms with E-state index in [9.17, 15) is 18.4 Å². The summed E-state index contributed by atoms with van der Waals surface area (Å²) in [5, 5.41) is 2.42. The van der Waals surface area contributed by atoms with Crippen molar-refractivity contribution in [2.75, 3.05) is 18.9 Å². The van der Waals surface area contributed by atoms with Crippen LogP contribution in [0.4, 0.5) is 14.5 Å². The summed E-state index contributed by atoms with van der Waals surface area (Å²) in [6.45, 7) is 1.66. The number of benzene rings is 2. The molecule has 0 aliphatic carbocycles. The van der Waals surface area contributed by atoms with E-state index in [1.54, 1.807) is 12.1 Å². The average Bonchev–Trinajstić information content (AvgIpc) is 2.52. The number of likely N-dealkylation sites (N-methyl/N-ethyl adjacent to an activating group) is 1. The predicted molar refractivity (Wildman–Crippen MR) is 88.1 cm³/mol. The van der Waals surface area contributed by atoms with Crippen LogP contribution in [0.25, 0.3) is 0 Å². The van der Waals surface area contributed by atoms with Crippen LogP contribution in [0.15, 0.2) is 36.4 Å². The summed E-state index contributed by atoms with van der Waals surface area (Å²) >= 11 is 5.77. The second-order valence-electron chi connectivity index (χ2n) is 5.32. The van der Waals surface area contributed by atoms with Gasteiger partial charge < -0.3 is 10.2 Å². The number of halogens is 3. The van der Waals surface area contributed by atoms with Gasteiger partial charge in [0.25, 0.3) is 5.91 Å². The first-order valence-electron chi connectivity index (χ1n) is 7.04. The highest BCUT2D eigenvalue weighted by Crippen LogP contribution is 2.21. The molecule has 4 nitrogen and oxygen atoms in total. The van der Waals surface area contributed by atoms with E-state index in [2.05, 4.69) is 5.32 Å². The van der Waals surface area contributed by atoms with Crippen LogP contribution in [0, 0.1) is 18.6 Å². The molecule has 126 valence electrons. The lowest BCUT2D eigenvalue weighted by atomic mass is 10.2. The van der Waals surface area contributed by atoms with E-state index < -0.39 is 23.4 Å². The van der Waals surface area contributed by atoms with Crippen molar-refractivity contribution in [3.05, 3.63) is 64.2 Å². The van der Waals surface area contributed by atoms with Crippen LogP contribution >= 0.6 is 11.6 Å². The molecular weight excluding hydrogens is 338 g/mol. The van der Waals surface area contributed by atoms with Crippen LogP contribution in [0.5, 0.6) is 0 Å². The molecule has 24 heavy (non-hydrogen) atoms. The van der Waals surface area contributed by atoms with Gasteiger partial charge in [0.1, 0.15) is 0 Å². The molecule has 2 aromatic rings. The zero-order valence-corrected chi connectivity index (χ0v) is 13.8. The molecule has 0 aliphatic rings. The van der Waals surface area contributed by atoms with Crippen molar-refractivity contribution >= 4 is 29.1 Å². The summed E-state index contributed by atoms with van der Waals surface area (Å²) in [6.07, 6.45) is 0. The number of amides is 2. The maximum Gasteiger partial charge on any atom is 0.255 e. The van der Waals surface area contributed by atoms with Gasteiger partial charge in [-0.3, -0.25) is 9.59 Å². The smallest absolute Gasteiger partial charge is 0.255 e. The van der Waals surface area contributed by atoms with Crippen LogP contribution in [0.2, 0.25) is 5.02 Å². The minimum atomic E-state index is -1.18. The molecule has 2 amide bonds. The summed E-state index contributed by atoms with van der Waals surface area (Å²) in [7, 11) is 1.37. The van der Waals surface area contributed by atoms with Crippen molar-refractivity contribution in [3.8, 4) is 0 Å². The van der Waals surface area contributed by atoms with Crippen LogP contribution in [-0.2, 0) is 4.79 Å². The second-order valence-corrected chi connectivity index (χ2v) is 5.73. The Labute approximate surface area is 143 Å². The molecule has 0 aliphatic heterocycles. The summed E-state index contributed by atoms with van der Waals surface area (Å²) < 4.78 is 26.3. The van der Waals surface area contributed by atoms with E-state index in [0.717, 1.165) is 16.5 Å². The molecule has 0 bridgehead atoms. The molecule has 0 aromatic heterocycles. The normalized spacial score (nSPS) is 10.4. The highest BCUT2D eigenvalue weighted by molar-refractivity contribution is 6.33. The van der Waals surface area contributed by atoms with Gasteiger partial charge in [0, 0.05) is 12.7 Å². The predicted octanol–water partition coefficient (Wildman–Crippen LogP) is 3.64. The minimum Gasteiger partial charge on any atom is -0.332 e. The van der Waals surface area contributed by atoms with Gasteiger partial charge in [0.05, 0.1) is 17.1 Å². The molecule has 1 N–H and O–H groups in total. The second kappa shape index (κ2) is 7.40. The molecule has 2 rings (SSSR count). The summed E-state index contributed by atoms with van der Waals surface area (Å²) in [6, 6.07) is 8.60. The van der Waals surface area contributed by atoms with Gasteiger partial charge in [0.15, 0.2) is 11.6 Å². The quantitative estimate of drug-likeness (QED) is 0.854. The number of carbonyl (C=O) groups is 2. The first kappa shape index (κ1) is 17.9. The molecule has 2 aromatic carbocycles.